The lowest BCUT2D eigenvalue weighted by Gasteiger charge is -2.48. The molecule has 42 heavy (non-hydrogen) atoms. The number of Topliss-reactive ketones (excluding diaryl/α,β-unsaturated/α-hetero) is 1. The molecule has 0 aromatic carbocycles. The van der Waals surface area contributed by atoms with E-state index in [-0.39, 0.29) is 0 Å². The molecule has 0 bridgehead atoms. The highest BCUT2D eigenvalue weighted by molar-refractivity contribution is 6.04. The zero-order valence-electron chi connectivity index (χ0n) is 24.3. The Hall–Kier alpha value is -3.55. The third-order valence-electron chi connectivity index (χ3n) is 10.4. The molecule has 14 heteroatoms. The summed E-state index contributed by atoms with van der Waals surface area (Å²) in [5.41, 5.74) is -9.53. The van der Waals surface area contributed by atoms with Crippen LogP contribution in [0.4, 0.5) is 0 Å². The molecule has 4 heterocycles. The van der Waals surface area contributed by atoms with Crippen LogP contribution in [0.3, 0.4) is 0 Å². The molecule has 6 aliphatic rings. The largest absolute Gasteiger partial charge is 0.458 e. The normalized spacial score (nSPS) is 47.5. The van der Waals surface area contributed by atoms with Gasteiger partial charge < -0.3 is 33.2 Å². The maximum Gasteiger partial charge on any atom is 0.350 e. The van der Waals surface area contributed by atoms with Crippen LogP contribution in [0.2, 0.25) is 0 Å². The first-order valence-corrected chi connectivity index (χ1v) is 13.7. The molecule has 2 saturated carbocycles. The molecule has 2 spiro atoms. The fourth-order valence-corrected chi connectivity index (χ4v) is 9.92. The first-order valence-electron chi connectivity index (χ1n) is 13.7. The lowest BCUT2D eigenvalue weighted by atomic mass is 9.49. The number of ketones is 1. The van der Waals surface area contributed by atoms with Crippen molar-refractivity contribution < 1.29 is 66.7 Å². The quantitative estimate of drug-likeness (QED) is 0.317. The lowest BCUT2D eigenvalue weighted by Crippen LogP contribution is -2.66. The van der Waals surface area contributed by atoms with E-state index in [2.05, 4.69) is 0 Å². The number of hydrogen-bond donors (Lipinski definition) is 0. The summed E-state index contributed by atoms with van der Waals surface area (Å²) in [5.74, 6) is -8.53. The van der Waals surface area contributed by atoms with Gasteiger partial charge in [-0.15, -0.1) is 0 Å². The van der Waals surface area contributed by atoms with Crippen molar-refractivity contribution in [2.24, 2.45) is 33.5 Å². The fraction of sp³-hybridized carbons (Fsp3) is 0.750. The monoisotopic (exact) mass is 592 g/mol. The maximum absolute atomic E-state index is 14.4. The summed E-state index contributed by atoms with van der Waals surface area (Å²) in [6.07, 6.45) is -9.51. The van der Waals surface area contributed by atoms with Crippen molar-refractivity contribution in [2.45, 2.75) is 97.8 Å². The van der Waals surface area contributed by atoms with E-state index in [1.54, 1.807) is 20.8 Å². The van der Waals surface area contributed by atoms with Gasteiger partial charge >= 0.3 is 35.8 Å². The summed E-state index contributed by atoms with van der Waals surface area (Å²) in [5, 5.41) is 0. The van der Waals surface area contributed by atoms with Crippen LogP contribution in [0.15, 0.2) is 0 Å². The van der Waals surface area contributed by atoms with Crippen molar-refractivity contribution in [3.8, 4) is 0 Å². The van der Waals surface area contributed by atoms with Gasteiger partial charge in [-0.25, -0.2) is 9.59 Å². The zero-order valence-corrected chi connectivity index (χ0v) is 24.3. The highest BCUT2D eigenvalue weighted by atomic mass is 16.8. The highest BCUT2D eigenvalue weighted by Crippen LogP contribution is 2.87. The van der Waals surface area contributed by atoms with E-state index < -0.39 is 118 Å². The van der Waals surface area contributed by atoms with E-state index in [4.69, 9.17) is 33.2 Å². The molecular weight excluding hydrogens is 560 g/mol. The van der Waals surface area contributed by atoms with Crippen LogP contribution in [-0.4, -0.2) is 84.0 Å². The van der Waals surface area contributed by atoms with Gasteiger partial charge in [0.1, 0.15) is 28.1 Å². The van der Waals surface area contributed by atoms with Gasteiger partial charge in [-0.3, -0.25) is 24.0 Å². The summed E-state index contributed by atoms with van der Waals surface area (Å²) < 4.78 is 41.5. The second kappa shape index (κ2) is 8.08. The second-order valence-corrected chi connectivity index (χ2v) is 13.1. The number of fused-ring (bicyclic) bond motifs is 1. The Balaban J connectivity index is 1.82. The van der Waals surface area contributed by atoms with E-state index >= 15 is 0 Å². The van der Waals surface area contributed by atoms with Gasteiger partial charge in [0.25, 0.3) is 0 Å². The number of carbonyl (C=O) groups is 7. The molecule has 0 amide bonds. The number of carbonyl (C=O) groups excluding carboxylic acids is 7. The first kappa shape index (κ1) is 28.6. The van der Waals surface area contributed by atoms with Gasteiger partial charge in [-0.2, -0.15) is 0 Å². The van der Waals surface area contributed by atoms with Crippen LogP contribution < -0.4 is 0 Å². The van der Waals surface area contributed by atoms with Crippen molar-refractivity contribution in [1.29, 1.82) is 0 Å². The van der Waals surface area contributed by atoms with Crippen LogP contribution in [0.25, 0.3) is 0 Å². The molecule has 12 atom stereocenters. The molecule has 14 nitrogen and oxygen atoms in total. The Morgan fingerprint density at radius 2 is 1.38 bits per heavy atom. The van der Waals surface area contributed by atoms with Crippen LogP contribution in [-0.2, 0) is 66.7 Å². The van der Waals surface area contributed by atoms with Gasteiger partial charge in [-0.05, 0) is 12.3 Å². The minimum absolute atomic E-state index is 0.703. The maximum atomic E-state index is 14.4. The Bertz CT molecular complexity index is 1380. The van der Waals surface area contributed by atoms with E-state index in [0.29, 0.717) is 0 Å². The van der Waals surface area contributed by atoms with Crippen molar-refractivity contribution >= 4 is 41.6 Å². The average molecular weight is 593 g/mol. The Labute approximate surface area is 239 Å². The van der Waals surface area contributed by atoms with Gasteiger partial charge in [0.15, 0.2) is 23.9 Å². The van der Waals surface area contributed by atoms with Gasteiger partial charge in [0.2, 0.25) is 12.4 Å². The van der Waals surface area contributed by atoms with Crippen LogP contribution in [0.5, 0.6) is 0 Å². The van der Waals surface area contributed by atoms with E-state index in [1.807, 2.05) is 0 Å². The minimum Gasteiger partial charge on any atom is -0.458 e. The topological polar surface area (TPSA) is 184 Å². The summed E-state index contributed by atoms with van der Waals surface area (Å²) in [4.78, 5) is 93.0. The summed E-state index contributed by atoms with van der Waals surface area (Å²) >= 11 is 0. The number of esters is 6. The summed E-state index contributed by atoms with van der Waals surface area (Å²) in [7, 11) is 0. The van der Waals surface area contributed by atoms with E-state index in [1.165, 1.54) is 6.92 Å². The molecule has 0 unspecified atom stereocenters. The van der Waals surface area contributed by atoms with Gasteiger partial charge in [-0.1, -0.05) is 27.7 Å². The molecule has 4 aliphatic heterocycles. The zero-order chi connectivity index (χ0) is 31.1. The number of ether oxygens (including phenoxy) is 7. The van der Waals surface area contributed by atoms with Crippen LogP contribution in [0.1, 0.15) is 55.4 Å². The third kappa shape index (κ3) is 2.61. The first-order chi connectivity index (χ1) is 19.4. The van der Waals surface area contributed by atoms with Crippen molar-refractivity contribution in [2.75, 3.05) is 0 Å². The molecule has 0 N–H and O–H groups in total. The molecule has 0 aromatic heterocycles. The molecular formula is C28H32O14. The predicted molar refractivity (Wildman–Crippen MR) is 130 cm³/mol. The average Bonchev–Trinajstić information content (AvgIpc) is 3.54. The van der Waals surface area contributed by atoms with Crippen molar-refractivity contribution in [1.82, 2.24) is 0 Å². The van der Waals surface area contributed by atoms with E-state index in [0.717, 1.165) is 27.7 Å². The number of rotatable bonds is 4. The molecule has 228 valence electrons. The second-order valence-electron chi connectivity index (χ2n) is 13.1. The van der Waals surface area contributed by atoms with Crippen molar-refractivity contribution in [3.05, 3.63) is 0 Å². The Morgan fingerprint density at radius 1 is 0.786 bits per heavy atom. The van der Waals surface area contributed by atoms with Gasteiger partial charge in [0, 0.05) is 26.7 Å². The van der Waals surface area contributed by atoms with Gasteiger partial charge in [0.05, 0.1) is 5.92 Å². The van der Waals surface area contributed by atoms with E-state index in [9.17, 15) is 33.6 Å². The molecule has 6 rings (SSSR count). The third-order valence-corrected chi connectivity index (χ3v) is 10.4. The fourth-order valence-electron chi connectivity index (χ4n) is 9.92. The molecule has 4 saturated heterocycles. The SMILES string of the molecule is CC(=O)O[C@H]1[C@H]2OC(=O)[C@]34O[C@H]5OC(=O)[C@H](OC(C)=O)[C@]5([C@@H]1C(C)(C)C)[C@]23[C@@H](OC(C)=O)[C@@H]1OC(=O)[C@@H](C)[C@@]14C(C)=O. The Morgan fingerprint density at radius 3 is 1.90 bits per heavy atom. The minimum atomic E-state index is -2.45. The molecule has 2 aliphatic carbocycles. The van der Waals surface area contributed by atoms with Crippen LogP contribution >= 0.6 is 0 Å². The molecule has 0 aromatic rings. The molecule has 0 radical (unpaired) electrons. The standard InChI is InChI=1S/C28H32O14/c1-9-20(33)39-17-18(37-12(4)31)27-16-14(36-11(3)30)15(24(6,7)8)26(27)19(38-13(5)32)21(34)41-23(26)42-28(27,22(35)40-16)25(9,17)10(2)29/h9,14-19,23H,1-8H3/t9-,14-,15+,16-,17+,18+,19+,23-,25-,26+,27-,28-/m1/s1. The number of hydrogen-bond acceptors (Lipinski definition) is 14. The predicted octanol–water partition coefficient (Wildman–Crippen LogP) is 0.158. The lowest BCUT2D eigenvalue weighted by molar-refractivity contribution is -0.223. The highest BCUT2D eigenvalue weighted by Gasteiger charge is 3.07. The smallest absolute Gasteiger partial charge is 0.350 e. The Kier molecular flexibility index (Phi) is 5.50. The van der Waals surface area contributed by atoms with Crippen molar-refractivity contribution in [3.63, 3.8) is 0 Å². The molecule has 6 fully saturated rings. The summed E-state index contributed by atoms with van der Waals surface area (Å²) in [6.45, 7) is 11.2. The van der Waals surface area contributed by atoms with Crippen LogP contribution in [0, 0.1) is 33.5 Å². The summed E-state index contributed by atoms with van der Waals surface area (Å²) in [6, 6.07) is 0.